The van der Waals surface area contributed by atoms with Gasteiger partial charge in [0.1, 0.15) is 11.9 Å². The Labute approximate surface area is 162 Å². The van der Waals surface area contributed by atoms with Gasteiger partial charge in [0.2, 0.25) is 10.0 Å². The van der Waals surface area contributed by atoms with Crippen LogP contribution in [0, 0.1) is 0 Å². The SMILES string of the molecule is C=CCCOC(C)C(=O)Nc1cc(S(=O)(=O)N(CC)CC)ccc1OCC. The largest absolute Gasteiger partial charge is 0.492 e. The van der Waals surface area contributed by atoms with Crippen LogP contribution in [0.1, 0.15) is 34.1 Å². The second-order valence-electron chi connectivity index (χ2n) is 5.76. The summed E-state index contributed by atoms with van der Waals surface area (Å²) in [6, 6.07) is 4.46. The summed E-state index contributed by atoms with van der Waals surface area (Å²) in [4.78, 5) is 12.5. The molecule has 0 saturated carbocycles. The molecule has 0 spiro atoms. The number of hydrogen-bond donors (Lipinski definition) is 1. The van der Waals surface area contributed by atoms with E-state index in [-0.39, 0.29) is 10.8 Å². The van der Waals surface area contributed by atoms with Gasteiger partial charge in [-0.3, -0.25) is 4.79 Å². The molecule has 8 heteroatoms. The fourth-order valence-corrected chi connectivity index (χ4v) is 3.88. The zero-order chi connectivity index (χ0) is 20.4. The summed E-state index contributed by atoms with van der Waals surface area (Å²) < 4.78 is 37.8. The first-order valence-electron chi connectivity index (χ1n) is 9.12. The molecule has 0 aliphatic heterocycles. The lowest BCUT2D eigenvalue weighted by Gasteiger charge is -2.20. The Kier molecular flexibility index (Phi) is 9.48. The van der Waals surface area contributed by atoms with Gasteiger partial charge in [0.15, 0.2) is 0 Å². The van der Waals surface area contributed by atoms with Crippen molar-refractivity contribution in [2.75, 3.05) is 31.6 Å². The van der Waals surface area contributed by atoms with Crippen LogP contribution >= 0.6 is 0 Å². The molecule has 0 heterocycles. The number of nitrogens with zero attached hydrogens (tertiary/aromatic N) is 1. The van der Waals surface area contributed by atoms with E-state index in [1.165, 1.54) is 16.4 Å². The number of sulfonamides is 1. The number of hydrogen-bond acceptors (Lipinski definition) is 5. The topological polar surface area (TPSA) is 84.9 Å². The van der Waals surface area contributed by atoms with E-state index >= 15 is 0 Å². The number of nitrogens with one attached hydrogen (secondary N) is 1. The summed E-state index contributed by atoms with van der Waals surface area (Å²) in [5.41, 5.74) is 0.300. The molecule has 1 aromatic rings. The molecule has 0 radical (unpaired) electrons. The van der Waals surface area contributed by atoms with Gasteiger partial charge in [-0.05, 0) is 38.5 Å². The molecule has 0 aromatic heterocycles. The van der Waals surface area contributed by atoms with Gasteiger partial charge in [-0.15, -0.1) is 6.58 Å². The lowest BCUT2D eigenvalue weighted by Crippen LogP contribution is -2.31. The minimum atomic E-state index is -3.64. The van der Waals surface area contributed by atoms with Gasteiger partial charge in [0.05, 0.1) is 23.8 Å². The summed E-state index contributed by atoms with van der Waals surface area (Å²) >= 11 is 0. The van der Waals surface area contributed by atoms with E-state index in [9.17, 15) is 13.2 Å². The smallest absolute Gasteiger partial charge is 0.253 e. The predicted molar refractivity (Wildman–Crippen MR) is 107 cm³/mol. The van der Waals surface area contributed by atoms with Crippen molar-refractivity contribution < 1.29 is 22.7 Å². The van der Waals surface area contributed by atoms with E-state index < -0.39 is 16.1 Å². The molecular weight excluding hydrogens is 368 g/mol. The van der Waals surface area contributed by atoms with E-state index in [2.05, 4.69) is 11.9 Å². The zero-order valence-corrected chi connectivity index (χ0v) is 17.3. The Balaban J connectivity index is 3.12. The van der Waals surface area contributed by atoms with Crippen LogP contribution in [0.3, 0.4) is 0 Å². The van der Waals surface area contributed by atoms with Crippen LogP contribution in [0.5, 0.6) is 5.75 Å². The fourth-order valence-electron chi connectivity index (χ4n) is 2.40. The van der Waals surface area contributed by atoms with Gasteiger partial charge in [-0.25, -0.2) is 8.42 Å². The second-order valence-corrected chi connectivity index (χ2v) is 7.70. The number of benzene rings is 1. The Bertz CT molecular complexity index is 730. The molecule has 1 aromatic carbocycles. The average Bonchev–Trinajstić information content (AvgIpc) is 2.64. The standard InChI is InChI=1S/C19H30N2O5S/c1-6-10-13-26-15(5)19(22)20-17-14-16(11-12-18(17)25-9-4)27(23,24)21(7-2)8-3/h6,11-12,14-15H,1,7-10,13H2,2-5H3,(H,20,22). The highest BCUT2D eigenvalue weighted by Gasteiger charge is 2.24. The first-order chi connectivity index (χ1) is 12.8. The van der Waals surface area contributed by atoms with Crippen molar-refractivity contribution in [3.8, 4) is 5.75 Å². The molecule has 1 atom stereocenters. The molecule has 152 valence electrons. The van der Waals surface area contributed by atoms with E-state index in [0.717, 1.165) is 0 Å². The van der Waals surface area contributed by atoms with Crippen LogP contribution in [-0.2, 0) is 19.6 Å². The molecule has 1 unspecified atom stereocenters. The maximum absolute atomic E-state index is 12.7. The van der Waals surface area contributed by atoms with Gasteiger partial charge in [-0.1, -0.05) is 19.9 Å². The summed E-state index contributed by atoms with van der Waals surface area (Å²) in [7, 11) is -3.64. The van der Waals surface area contributed by atoms with Gasteiger partial charge >= 0.3 is 0 Å². The molecule has 1 amide bonds. The molecule has 0 fully saturated rings. The number of ether oxygens (including phenoxy) is 2. The van der Waals surface area contributed by atoms with E-state index in [1.54, 1.807) is 32.9 Å². The van der Waals surface area contributed by atoms with Crippen LogP contribution < -0.4 is 10.1 Å². The van der Waals surface area contributed by atoms with Gasteiger partial charge in [0.25, 0.3) is 5.91 Å². The number of rotatable bonds is 12. The number of amides is 1. The lowest BCUT2D eigenvalue weighted by molar-refractivity contribution is -0.126. The number of anilines is 1. The number of carbonyl (C=O) groups excluding carboxylic acids is 1. The van der Waals surface area contributed by atoms with Crippen molar-refractivity contribution in [1.29, 1.82) is 0 Å². The molecule has 0 aliphatic carbocycles. The molecule has 27 heavy (non-hydrogen) atoms. The second kappa shape index (κ2) is 11.1. The van der Waals surface area contributed by atoms with E-state index in [0.29, 0.717) is 44.2 Å². The van der Waals surface area contributed by atoms with Crippen molar-refractivity contribution in [2.24, 2.45) is 0 Å². The Morgan fingerprint density at radius 3 is 2.52 bits per heavy atom. The third kappa shape index (κ3) is 6.34. The highest BCUT2D eigenvalue weighted by Crippen LogP contribution is 2.29. The average molecular weight is 399 g/mol. The molecule has 0 bridgehead atoms. The maximum atomic E-state index is 12.7. The van der Waals surface area contributed by atoms with Crippen LogP contribution in [0.2, 0.25) is 0 Å². The molecule has 1 N–H and O–H groups in total. The number of carbonyl (C=O) groups is 1. The van der Waals surface area contributed by atoms with E-state index in [4.69, 9.17) is 9.47 Å². The Hall–Kier alpha value is -1.90. The van der Waals surface area contributed by atoms with Crippen molar-refractivity contribution in [2.45, 2.75) is 45.1 Å². The first kappa shape index (κ1) is 23.1. The van der Waals surface area contributed by atoms with E-state index in [1.807, 2.05) is 6.92 Å². The van der Waals surface area contributed by atoms with Crippen molar-refractivity contribution in [3.63, 3.8) is 0 Å². The molecular formula is C19H30N2O5S. The highest BCUT2D eigenvalue weighted by atomic mass is 32.2. The molecule has 0 aliphatic rings. The maximum Gasteiger partial charge on any atom is 0.253 e. The van der Waals surface area contributed by atoms with Crippen molar-refractivity contribution in [3.05, 3.63) is 30.9 Å². The quantitative estimate of drug-likeness (QED) is 0.432. The fraction of sp³-hybridized carbons (Fsp3) is 0.526. The van der Waals surface area contributed by atoms with Crippen LogP contribution in [0.15, 0.2) is 35.7 Å². The summed E-state index contributed by atoms with van der Waals surface area (Å²) in [6.45, 7) is 12.1. The summed E-state index contributed by atoms with van der Waals surface area (Å²) in [5.74, 6) is 0.0278. The molecule has 1 rings (SSSR count). The van der Waals surface area contributed by atoms with Gasteiger partial charge < -0.3 is 14.8 Å². The monoisotopic (exact) mass is 398 g/mol. The zero-order valence-electron chi connectivity index (χ0n) is 16.5. The normalized spacial score (nSPS) is 12.6. The molecule has 0 saturated heterocycles. The van der Waals surface area contributed by atoms with Crippen LogP contribution in [0.25, 0.3) is 0 Å². The predicted octanol–water partition coefficient (Wildman–Crippen LogP) is 3.04. The van der Waals surface area contributed by atoms with Gasteiger partial charge in [0, 0.05) is 13.1 Å². The highest BCUT2D eigenvalue weighted by molar-refractivity contribution is 7.89. The van der Waals surface area contributed by atoms with Crippen molar-refractivity contribution >= 4 is 21.6 Å². The van der Waals surface area contributed by atoms with Crippen LogP contribution in [0.4, 0.5) is 5.69 Å². The Morgan fingerprint density at radius 1 is 1.30 bits per heavy atom. The van der Waals surface area contributed by atoms with Crippen molar-refractivity contribution in [1.82, 2.24) is 4.31 Å². The lowest BCUT2D eigenvalue weighted by atomic mass is 10.2. The van der Waals surface area contributed by atoms with Crippen LogP contribution in [-0.4, -0.2) is 51.0 Å². The van der Waals surface area contributed by atoms with Gasteiger partial charge in [-0.2, -0.15) is 4.31 Å². The molecule has 7 nitrogen and oxygen atoms in total. The third-order valence-electron chi connectivity index (χ3n) is 3.91. The minimum Gasteiger partial charge on any atom is -0.492 e. The minimum absolute atomic E-state index is 0.102. The summed E-state index contributed by atoms with van der Waals surface area (Å²) in [5, 5.41) is 2.71. The Morgan fingerprint density at radius 2 is 1.96 bits per heavy atom. The summed E-state index contributed by atoms with van der Waals surface area (Å²) in [6.07, 6.45) is 1.65. The first-order valence-corrected chi connectivity index (χ1v) is 10.6. The third-order valence-corrected chi connectivity index (χ3v) is 5.96.